The molecule has 1 aliphatic heterocycles. The smallest absolute Gasteiger partial charge is 0.0544 e. The average Bonchev–Trinajstić information content (AvgIpc) is 2.53. The SMILES string of the molecule is CCC1CN(Cc2ccccn2)C(C)CCN1. The lowest BCUT2D eigenvalue weighted by Gasteiger charge is -2.28. The van der Waals surface area contributed by atoms with Crippen LogP contribution in [0.15, 0.2) is 24.4 Å². The van der Waals surface area contributed by atoms with Gasteiger partial charge in [-0.2, -0.15) is 0 Å². The molecule has 1 aromatic rings. The first-order valence-electron chi connectivity index (χ1n) is 6.67. The number of aromatic nitrogens is 1. The third-order valence-corrected chi connectivity index (χ3v) is 3.66. The van der Waals surface area contributed by atoms with Gasteiger partial charge in [-0.3, -0.25) is 9.88 Å². The highest BCUT2D eigenvalue weighted by atomic mass is 15.2. The average molecular weight is 233 g/mol. The quantitative estimate of drug-likeness (QED) is 0.866. The molecular weight excluding hydrogens is 210 g/mol. The molecule has 2 heterocycles. The Labute approximate surface area is 104 Å². The van der Waals surface area contributed by atoms with Gasteiger partial charge in [0.05, 0.1) is 5.69 Å². The molecule has 0 radical (unpaired) electrons. The minimum atomic E-state index is 0.628. The summed E-state index contributed by atoms with van der Waals surface area (Å²) in [6.07, 6.45) is 4.31. The van der Waals surface area contributed by atoms with Gasteiger partial charge in [0.15, 0.2) is 0 Å². The summed E-state index contributed by atoms with van der Waals surface area (Å²) in [5.74, 6) is 0. The minimum Gasteiger partial charge on any atom is -0.313 e. The molecule has 17 heavy (non-hydrogen) atoms. The Kier molecular flexibility index (Phi) is 4.51. The predicted octanol–water partition coefficient (Wildman–Crippen LogP) is 2.04. The predicted molar refractivity (Wildman–Crippen MR) is 70.8 cm³/mol. The molecule has 2 unspecified atom stereocenters. The molecule has 0 spiro atoms. The van der Waals surface area contributed by atoms with Gasteiger partial charge in [0.2, 0.25) is 0 Å². The molecule has 1 aliphatic rings. The van der Waals surface area contributed by atoms with E-state index in [0.29, 0.717) is 12.1 Å². The van der Waals surface area contributed by atoms with Crippen LogP contribution in [-0.4, -0.2) is 35.1 Å². The summed E-state index contributed by atoms with van der Waals surface area (Å²) < 4.78 is 0. The summed E-state index contributed by atoms with van der Waals surface area (Å²) in [5, 5.41) is 3.62. The van der Waals surface area contributed by atoms with Crippen LogP contribution >= 0.6 is 0 Å². The second kappa shape index (κ2) is 6.12. The summed E-state index contributed by atoms with van der Waals surface area (Å²) in [7, 11) is 0. The van der Waals surface area contributed by atoms with Gasteiger partial charge in [-0.1, -0.05) is 13.0 Å². The number of rotatable bonds is 3. The van der Waals surface area contributed by atoms with Crippen LogP contribution in [0, 0.1) is 0 Å². The molecule has 1 fully saturated rings. The summed E-state index contributed by atoms with van der Waals surface area (Å²) in [5.41, 5.74) is 1.18. The Morgan fingerprint density at radius 2 is 2.35 bits per heavy atom. The highest BCUT2D eigenvalue weighted by Gasteiger charge is 2.21. The van der Waals surface area contributed by atoms with Gasteiger partial charge in [0, 0.05) is 31.4 Å². The Hall–Kier alpha value is -0.930. The van der Waals surface area contributed by atoms with Crippen LogP contribution in [0.25, 0.3) is 0 Å². The van der Waals surface area contributed by atoms with Crippen LogP contribution in [0.3, 0.4) is 0 Å². The highest BCUT2D eigenvalue weighted by molar-refractivity contribution is 5.03. The number of hydrogen-bond donors (Lipinski definition) is 1. The number of nitrogens with one attached hydrogen (secondary N) is 1. The van der Waals surface area contributed by atoms with Crippen molar-refractivity contribution in [3.63, 3.8) is 0 Å². The van der Waals surface area contributed by atoms with Gasteiger partial charge in [-0.05, 0) is 38.4 Å². The van der Waals surface area contributed by atoms with E-state index in [1.54, 1.807) is 0 Å². The van der Waals surface area contributed by atoms with Crippen molar-refractivity contribution in [1.29, 1.82) is 0 Å². The molecule has 0 amide bonds. The van der Waals surface area contributed by atoms with Crippen LogP contribution in [0.4, 0.5) is 0 Å². The van der Waals surface area contributed by atoms with Crippen molar-refractivity contribution in [1.82, 2.24) is 15.2 Å². The zero-order valence-corrected chi connectivity index (χ0v) is 10.9. The van der Waals surface area contributed by atoms with E-state index >= 15 is 0 Å². The molecule has 3 heteroatoms. The first kappa shape index (κ1) is 12.5. The van der Waals surface area contributed by atoms with Crippen molar-refractivity contribution >= 4 is 0 Å². The molecule has 1 N–H and O–H groups in total. The monoisotopic (exact) mass is 233 g/mol. The second-order valence-corrected chi connectivity index (χ2v) is 4.95. The fourth-order valence-electron chi connectivity index (χ4n) is 2.40. The molecule has 2 rings (SSSR count). The molecule has 0 bridgehead atoms. The lowest BCUT2D eigenvalue weighted by atomic mass is 10.2. The van der Waals surface area contributed by atoms with E-state index in [1.807, 2.05) is 12.3 Å². The zero-order valence-electron chi connectivity index (χ0n) is 10.9. The third-order valence-electron chi connectivity index (χ3n) is 3.66. The van der Waals surface area contributed by atoms with Crippen LogP contribution < -0.4 is 5.32 Å². The van der Waals surface area contributed by atoms with Crippen LogP contribution in [0.5, 0.6) is 0 Å². The standard InChI is InChI=1S/C14H23N3/c1-3-13-10-17(12(2)7-9-16-13)11-14-6-4-5-8-15-14/h4-6,8,12-13,16H,3,7,9-11H2,1-2H3. The largest absolute Gasteiger partial charge is 0.313 e. The van der Waals surface area contributed by atoms with Crippen LogP contribution in [-0.2, 0) is 6.54 Å². The summed E-state index contributed by atoms with van der Waals surface area (Å²) in [6.45, 7) is 7.82. The van der Waals surface area contributed by atoms with E-state index in [-0.39, 0.29) is 0 Å². The van der Waals surface area contributed by atoms with Crippen molar-refractivity contribution in [3.8, 4) is 0 Å². The third kappa shape index (κ3) is 3.51. The van der Waals surface area contributed by atoms with Gasteiger partial charge in [0.25, 0.3) is 0 Å². The number of hydrogen-bond acceptors (Lipinski definition) is 3. The van der Waals surface area contributed by atoms with Crippen molar-refractivity contribution < 1.29 is 0 Å². The van der Waals surface area contributed by atoms with Crippen molar-refractivity contribution in [3.05, 3.63) is 30.1 Å². The van der Waals surface area contributed by atoms with Crippen molar-refractivity contribution in [2.24, 2.45) is 0 Å². The molecule has 3 nitrogen and oxygen atoms in total. The summed E-state index contributed by atoms with van der Waals surface area (Å²) >= 11 is 0. The molecular formula is C14H23N3. The van der Waals surface area contributed by atoms with Gasteiger partial charge in [0.1, 0.15) is 0 Å². The summed E-state index contributed by atoms with van der Waals surface area (Å²) in [4.78, 5) is 6.98. The first-order chi connectivity index (χ1) is 8.29. The molecule has 94 valence electrons. The maximum atomic E-state index is 4.43. The fraction of sp³-hybridized carbons (Fsp3) is 0.643. The maximum Gasteiger partial charge on any atom is 0.0544 e. The molecule has 0 aromatic carbocycles. The van der Waals surface area contributed by atoms with E-state index in [0.717, 1.165) is 19.6 Å². The molecule has 1 aromatic heterocycles. The van der Waals surface area contributed by atoms with Gasteiger partial charge >= 0.3 is 0 Å². The number of nitrogens with zero attached hydrogens (tertiary/aromatic N) is 2. The van der Waals surface area contributed by atoms with Gasteiger partial charge in [-0.25, -0.2) is 0 Å². The fourth-order valence-corrected chi connectivity index (χ4v) is 2.40. The van der Waals surface area contributed by atoms with Crippen LogP contribution in [0.1, 0.15) is 32.4 Å². The molecule has 1 saturated heterocycles. The lowest BCUT2D eigenvalue weighted by Crippen LogP contribution is -2.39. The Morgan fingerprint density at radius 3 is 3.06 bits per heavy atom. The Balaban J connectivity index is 2.01. The first-order valence-corrected chi connectivity index (χ1v) is 6.67. The maximum absolute atomic E-state index is 4.43. The minimum absolute atomic E-state index is 0.628. The Bertz CT molecular complexity index is 325. The van der Waals surface area contributed by atoms with E-state index in [1.165, 1.54) is 18.5 Å². The molecule has 0 aliphatic carbocycles. The van der Waals surface area contributed by atoms with E-state index < -0.39 is 0 Å². The zero-order chi connectivity index (χ0) is 12.1. The normalized spacial score (nSPS) is 26.7. The van der Waals surface area contributed by atoms with E-state index in [9.17, 15) is 0 Å². The molecule has 2 atom stereocenters. The van der Waals surface area contributed by atoms with Gasteiger partial charge in [-0.15, -0.1) is 0 Å². The highest BCUT2D eigenvalue weighted by Crippen LogP contribution is 2.13. The van der Waals surface area contributed by atoms with Crippen LogP contribution in [0.2, 0.25) is 0 Å². The van der Waals surface area contributed by atoms with Gasteiger partial charge < -0.3 is 5.32 Å². The summed E-state index contributed by atoms with van der Waals surface area (Å²) in [6, 6.07) is 7.43. The lowest BCUT2D eigenvalue weighted by molar-refractivity contribution is 0.192. The number of pyridine rings is 1. The second-order valence-electron chi connectivity index (χ2n) is 4.95. The molecule has 0 saturated carbocycles. The van der Waals surface area contributed by atoms with Crippen molar-refractivity contribution in [2.45, 2.75) is 45.3 Å². The topological polar surface area (TPSA) is 28.2 Å². The van der Waals surface area contributed by atoms with E-state index in [2.05, 4.69) is 41.2 Å². The Morgan fingerprint density at radius 1 is 1.47 bits per heavy atom. The van der Waals surface area contributed by atoms with E-state index in [4.69, 9.17) is 0 Å². The van der Waals surface area contributed by atoms with Crippen molar-refractivity contribution in [2.75, 3.05) is 13.1 Å².